The number of thiophene rings is 1. The Balaban J connectivity index is 2.52. The van der Waals surface area contributed by atoms with E-state index in [-0.39, 0.29) is 34.2 Å². The van der Waals surface area contributed by atoms with Crippen LogP contribution in [-0.2, 0) is 24.8 Å². The van der Waals surface area contributed by atoms with E-state index in [0.717, 1.165) is 0 Å². The SMILES string of the molecule is CCN[C@H]1CN(CCOC)S(=O)(=O)c2sc(S(N)(=O)=O)cc21. The second kappa shape index (κ2) is 6.51. The number of nitrogens with one attached hydrogen (secondary N) is 1. The van der Waals surface area contributed by atoms with Crippen molar-refractivity contribution in [3.63, 3.8) is 0 Å². The molecule has 8 nitrogen and oxygen atoms in total. The van der Waals surface area contributed by atoms with E-state index in [1.54, 1.807) is 0 Å². The van der Waals surface area contributed by atoms with Crippen LogP contribution in [0.4, 0.5) is 0 Å². The second-order valence-electron chi connectivity index (χ2n) is 4.82. The Morgan fingerprint density at radius 3 is 2.77 bits per heavy atom. The summed E-state index contributed by atoms with van der Waals surface area (Å²) < 4.78 is 54.4. The molecule has 0 radical (unpaired) electrons. The molecule has 0 amide bonds. The molecular formula is C11H19N3O5S3. The molecule has 2 rings (SSSR count). The number of fused-ring (bicyclic) bond motifs is 1. The van der Waals surface area contributed by atoms with Gasteiger partial charge in [-0.15, -0.1) is 11.3 Å². The van der Waals surface area contributed by atoms with Crippen LogP contribution in [0.15, 0.2) is 14.5 Å². The Morgan fingerprint density at radius 2 is 2.23 bits per heavy atom. The fourth-order valence-corrected chi connectivity index (χ4v) is 6.55. The Morgan fingerprint density at radius 1 is 1.55 bits per heavy atom. The molecule has 0 bridgehead atoms. The summed E-state index contributed by atoms with van der Waals surface area (Å²) in [7, 11) is -6.18. The zero-order valence-electron chi connectivity index (χ0n) is 12.3. The molecule has 0 saturated carbocycles. The van der Waals surface area contributed by atoms with Gasteiger partial charge in [0.1, 0.15) is 8.42 Å². The van der Waals surface area contributed by atoms with E-state index in [1.807, 2.05) is 6.92 Å². The smallest absolute Gasteiger partial charge is 0.253 e. The van der Waals surface area contributed by atoms with Crippen molar-refractivity contribution in [2.24, 2.45) is 5.14 Å². The predicted molar refractivity (Wildman–Crippen MR) is 82.7 cm³/mol. The molecule has 0 fully saturated rings. The maximum absolute atomic E-state index is 12.6. The van der Waals surface area contributed by atoms with Gasteiger partial charge >= 0.3 is 0 Å². The molecule has 0 saturated heterocycles. The van der Waals surface area contributed by atoms with Gasteiger partial charge in [0.25, 0.3) is 10.0 Å². The topological polar surface area (TPSA) is 119 Å². The molecule has 22 heavy (non-hydrogen) atoms. The van der Waals surface area contributed by atoms with Crippen molar-refractivity contribution in [3.8, 4) is 0 Å². The van der Waals surface area contributed by atoms with Crippen LogP contribution in [0, 0.1) is 0 Å². The highest BCUT2D eigenvalue weighted by Gasteiger charge is 2.39. The Kier molecular flexibility index (Phi) is 5.27. The number of hydrogen-bond donors (Lipinski definition) is 2. The molecule has 0 spiro atoms. The average molecular weight is 369 g/mol. The number of methoxy groups -OCH3 is 1. The number of hydrogen-bond acceptors (Lipinski definition) is 7. The molecule has 0 unspecified atom stereocenters. The van der Waals surface area contributed by atoms with Crippen LogP contribution >= 0.6 is 11.3 Å². The third-order valence-corrected chi connectivity index (χ3v) is 8.28. The highest BCUT2D eigenvalue weighted by molar-refractivity contribution is 7.94. The summed E-state index contributed by atoms with van der Waals surface area (Å²) in [5, 5.41) is 8.30. The fraction of sp³-hybridized carbons (Fsp3) is 0.636. The van der Waals surface area contributed by atoms with Gasteiger partial charge in [-0.2, -0.15) is 4.31 Å². The highest BCUT2D eigenvalue weighted by atomic mass is 32.3. The number of ether oxygens (including phenoxy) is 1. The van der Waals surface area contributed by atoms with Crippen LogP contribution in [0.3, 0.4) is 0 Å². The predicted octanol–water partition coefficient (Wildman–Crippen LogP) is -0.303. The lowest BCUT2D eigenvalue weighted by Crippen LogP contribution is -2.44. The minimum Gasteiger partial charge on any atom is -0.383 e. The first-order valence-corrected chi connectivity index (χ1v) is 10.4. The molecule has 126 valence electrons. The summed E-state index contributed by atoms with van der Waals surface area (Å²) in [6, 6.07) is 1.08. The fourth-order valence-electron chi connectivity index (χ4n) is 2.29. The molecule has 1 aliphatic rings. The van der Waals surface area contributed by atoms with Gasteiger partial charge < -0.3 is 10.1 Å². The average Bonchev–Trinajstić information content (AvgIpc) is 2.87. The van der Waals surface area contributed by atoms with Gasteiger partial charge in [0, 0.05) is 31.8 Å². The summed E-state index contributed by atoms with van der Waals surface area (Å²) in [6.45, 7) is 3.23. The molecule has 3 N–H and O–H groups in total. The molecule has 0 aliphatic carbocycles. The van der Waals surface area contributed by atoms with Crippen LogP contribution in [0.2, 0.25) is 0 Å². The van der Waals surface area contributed by atoms with E-state index in [4.69, 9.17) is 9.88 Å². The summed E-state index contributed by atoms with van der Waals surface area (Å²) in [6.07, 6.45) is 0. The maximum atomic E-state index is 12.6. The number of sulfonamides is 2. The molecule has 1 aliphatic heterocycles. The van der Waals surface area contributed by atoms with Crippen molar-refractivity contribution in [2.45, 2.75) is 21.4 Å². The van der Waals surface area contributed by atoms with Gasteiger partial charge in [0.05, 0.1) is 6.61 Å². The Bertz CT molecular complexity index is 741. The normalized spacial score (nSPS) is 21.7. The van der Waals surface area contributed by atoms with Gasteiger partial charge in [0.15, 0.2) is 0 Å². The number of primary sulfonamides is 1. The quantitative estimate of drug-likeness (QED) is 0.710. The van der Waals surface area contributed by atoms with E-state index in [1.165, 1.54) is 17.5 Å². The van der Waals surface area contributed by atoms with Crippen molar-refractivity contribution in [2.75, 3.05) is 33.4 Å². The van der Waals surface area contributed by atoms with E-state index in [0.29, 0.717) is 23.4 Å². The second-order valence-corrected chi connectivity index (χ2v) is 9.79. The first-order chi connectivity index (χ1) is 10.2. The monoisotopic (exact) mass is 369 g/mol. The molecule has 11 heteroatoms. The largest absolute Gasteiger partial charge is 0.383 e. The van der Waals surface area contributed by atoms with E-state index < -0.39 is 20.0 Å². The first-order valence-electron chi connectivity index (χ1n) is 6.60. The van der Waals surface area contributed by atoms with Crippen LogP contribution in [0.5, 0.6) is 0 Å². The summed E-state index contributed by atoms with van der Waals surface area (Å²) in [5.41, 5.74) is 0.463. The third-order valence-electron chi connectivity index (χ3n) is 3.31. The zero-order valence-corrected chi connectivity index (χ0v) is 14.7. The molecule has 1 aromatic heterocycles. The summed E-state index contributed by atoms with van der Waals surface area (Å²) in [5.74, 6) is 0. The minimum atomic E-state index is -3.94. The van der Waals surface area contributed by atoms with E-state index in [2.05, 4.69) is 5.32 Å². The minimum absolute atomic E-state index is 0.0322. The Labute approximate surface area is 134 Å². The van der Waals surface area contributed by atoms with Crippen molar-refractivity contribution in [1.29, 1.82) is 0 Å². The first kappa shape index (κ1) is 17.8. The van der Waals surface area contributed by atoms with Gasteiger partial charge in [-0.3, -0.25) is 0 Å². The molecule has 0 aromatic carbocycles. The molecule has 2 heterocycles. The number of nitrogens with two attached hydrogens (primary N) is 1. The van der Waals surface area contributed by atoms with Crippen LogP contribution < -0.4 is 10.5 Å². The highest BCUT2D eigenvalue weighted by Crippen LogP contribution is 2.39. The van der Waals surface area contributed by atoms with Crippen molar-refractivity contribution in [3.05, 3.63) is 11.6 Å². The van der Waals surface area contributed by atoms with Crippen molar-refractivity contribution < 1.29 is 21.6 Å². The number of rotatable bonds is 6. The lowest BCUT2D eigenvalue weighted by atomic mass is 10.1. The van der Waals surface area contributed by atoms with Crippen molar-refractivity contribution >= 4 is 31.4 Å². The lowest BCUT2D eigenvalue weighted by molar-refractivity contribution is 0.174. The van der Waals surface area contributed by atoms with Crippen LogP contribution in [0.25, 0.3) is 0 Å². The van der Waals surface area contributed by atoms with Crippen LogP contribution in [0.1, 0.15) is 18.5 Å². The maximum Gasteiger partial charge on any atom is 0.253 e. The van der Waals surface area contributed by atoms with Gasteiger partial charge in [-0.05, 0) is 12.6 Å². The molecule has 1 aromatic rings. The van der Waals surface area contributed by atoms with Crippen LogP contribution in [-0.4, -0.2) is 54.5 Å². The molecule has 1 atom stereocenters. The van der Waals surface area contributed by atoms with Gasteiger partial charge in [-0.25, -0.2) is 22.0 Å². The van der Waals surface area contributed by atoms with Crippen molar-refractivity contribution in [1.82, 2.24) is 9.62 Å². The lowest BCUT2D eigenvalue weighted by Gasteiger charge is -2.32. The third kappa shape index (κ3) is 3.35. The van der Waals surface area contributed by atoms with E-state index in [9.17, 15) is 16.8 Å². The summed E-state index contributed by atoms with van der Waals surface area (Å²) >= 11 is 0.693. The zero-order chi connectivity index (χ0) is 16.5. The van der Waals surface area contributed by atoms with Gasteiger partial charge in [-0.1, -0.05) is 6.92 Å². The Hall–Kier alpha value is -0.560. The van der Waals surface area contributed by atoms with E-state index >= 15 is 0 Å². The van der Waals surface area contributed by atoms with Gasteiger partial charge in [0.2, 0.25) is 10.0 Å². The number of nitrogens with zero attached hydrogens (tertiary/aromatic N) is 1. The number of likely N-dealkylation sites (N-methyl/N-ethyl adjacent to an activating group) is 1. The summed E-state index contributed by atoms with van der Waals surface area (Å²) in [4.78, 5) is 0. The standard InChI is InChI=1S/C11H19N3O5S3/c1-3-13-9-7-14(4-5-19-2)22(17,18)11-8(9)6-10(20-11)21(12,15)16/h6,9,13H,3-5,7H2,1-2H3,(H2,12,15,16)/t9-/m0/s1. The molecular weight excluding hydrogens is 350 g/mol.